The zero-order valence-corrected chi connectivity index (χ0v) is 9.39. The van der Waals surface area contributed by atoms with Crippen LogP contribution in [0.5, 0.6) is 0 Å². The quantitative estimate of drug-likeness (QED) is 0.638. The lowest BCUT2D eigenvalue weighted by molar-refractivity contribution is -0.176. The fourth-order valence-corrected chi connectivity index (χ4v) is 1.65. The number of ether oxygens (including phenoxy) is 4. The Kier molecular flexibility index (Phi) is 5.01. The number of hydrogen-bond acceptors (Lipinski definition) is 5. The maximum absolute atomic E-state index is 10.9. The van der Waals surface area contributed by atoms with E-state index in [-0.39, 0.29) is 30.9 Å². The highest BCUT2D eigenvalue weighted by Gasteiger charge is 2.32. The molecule has 0 amide bonds. The van der Waals surface area contributed by atoms with Gasteiger partial charge >= 0.3 is 5.97 Å². The molecule has 0 radical (unpaired) electrons. The summed E-state index contributed by atoms with van der Waals surface area (Å²) in [4.78, 5) is 10.9. The Morgan fingerprint density at radius 3 is 2.80 bits per heavy atom. The van der Waals surface area contributed by atoms with E-state index in [0.29, 0.717) is 6.61 Å². The molecule has 5 heteroatoms. The minimum atomic E-state index is -0.386. The summed E-state index contributed by atoms with van der Waals surface area (Å²) in [6.07, 6.45) is 0.502. The average molecular weight is 218 g/mol. The van der Waals surface area contributed by atoms with Crippen LogP contribution in [0.25, 0.3) is 0 Å². The van der Waals surface area contributed by atoms with Gasteiger partial charge in [-0.05, 0) is 13.3 Å². The molecule has 1 aliphatic heterocycles. The molecule has 1 fully saturated rings. The highest BCUT2D eigenvalue weighted by atomic mass is 16.6. The second kappa shape index (κ2) is 6.05. The van der Waals surface area contributed by atoms with Gasteiger partial charge in [-0.1, -0.05) is 0 Å². The summed E-state index contributed by atoms with van der Waals surface area (Å²) in [6, 6.07) is 0. The summed E-state index contributed by atoms with van der Waals surface area (Å²) in [5.41, 5.74) is 0. The fraction of sp³-hybridized carbons (Fsp3) is 0.900. The minimum absolute atomic E-state index is 0.0154. The molecule has 1 aliphatic rings. The van der Waals surface area contributed by atoms with Crippen molar-refractivity contribution in [2.75, 3.05) is 27.4 Å². The van der Waals surface area contributed by atoms with Crippen LogP contribution in [-0.4, -0.2) is 51.7 Å². The van der Waals surface area contributed by atoms with Crippen molar-refractivity contribution in [3.63, 3.8) is 0 Å². The van der Waals surface area contributed by atoms with Crippen LogP contribution in [-0.2, 0) is 23.7 Å². The van der Waals surface area contributed by atoms with Crippen LogP contribution in [0.1, 0.15) is 13.3 Å². The normalized spacial score (nSPS) is 31.3. The van der Waals surface area contributed by atoms with Crippen LogP contribution >= 0.6 is 0 Å². The van der Waals surface area contributed by atoms with Crippen molar-refractivity contribution in [1.82, 2.24) is 0 Å². The second-order valence-corrected chi connectivity index (χ2v) is 3.49. The molecule has 0 aliphatic carbocycles. The Morgan fingerprint density at radius 2 is 2.20 bits per heavy atom. The summed E-state index contributed by atoms with van der Waals surface area (Å²) in [7, 11) is 2.97. The molecule has 0 saturated carbocycles. The Balaban J connectivity index is 2.43. The maximum atomic E-state index is 10.9. The Hall–Kier alpha value is -0.650. The lowest BCUT2D eigenvalue weighted by atomic mass is 10.0. The minimum Gasteiger partial charge on any atom is -0.467 e. The second-order valence-electron chi connectivity index (χ2n) is 3.49. The van der Waals surface area contributed by atoms with Crippen molar-refractivity contribution in [3.8, 4) is 0 Å². The van der Waals surface area contributed by atoms with Crippen LogP contribution in [0, 0.1) is 0 Å². The van der Waals surface area contributed by atoms with Gasteiger partial charge in [0.05, 0.1) is 19.3 Å². The van der Waals surface area contributed by atoms with Crippen LogP contribution in [0.3, 0.4) is 0 Å². The molecule has 0 N–H and O–H groups in total. The van der Waals surface area contributed by atoms with Crippen molar-refractivity contribution in [2.45, 2.75) is 31.7 Å². The van der Waals surface area contributed by atoms with Crippen molar-refractivity contribution in [3.05, 3.63) is 0 Å². The molecule has 0 spiro atoms. The van der Waals surface area contributed by atoms with Crippen LogP contribution < -0.4 is 0 Å². The molecule has 0 aromatic rings. The van der Waals surface area contributed by atoms with Gasteiger partial charge in [0.15, 0.2) is 0 Å². The third kappa shape index (κ3) is 3.44. The highest BCUT2D eigenvalue weighted by molar-refractivity contribution is 5.70. The molecule has 1 heterocycles. The maximum Gasteiger partial charge on any atom is 0.331 e. The van der Waals surface area contributed by atoms with Crippen molar-refractivity contribution in [1.29, 1.82) is 0 Å². The van der Waals surface area contributed by atoms with Gasteiger partial charge in [0, 0.05) is 13.7 Å². The largest absolute Gasteiger partial charge is 0.467 e. The standard InChI is InChI=1S/C10H18O5/c1-7-10(15-6-9(11)13-3)8(12-2)4-5-14-7/h7-8,10H,4-6H2,1-3H3. The highest BCUT2D eigenvalue weighted by Crippen LogP contribution is 2.19. The lowest BCUT2D eigenvalue weighted by Crippen LogP contribution is -2.46. The van der Waals surface area contributed by atoms with Crippen molar-refractivity contribution in [2.24, 2.45) is 0 Å². The molecule has 0 bridgehead atoms. The van der Waals surface area contributed by atoms with E-state index in [2.05, 4.69) is 4.74 Å². The van der Waals surface area contributed by atoms with E-state index in [1.54, 1.807) is 7.11 Å². The van der Waals surface area contributed by atoms with Gasteiger partial charge in [-0.2, -0.15) is 0 Å². The summed E-state index contributed by atoms with van der Waals surface area (Å²) in [5.74, 6) is -0.386. The number of rotatable bonds is 4. The first kappa shape index (κ1) is 12.4. The molecule has 88 valence electrons. The summed E-state index contributed by atoms with van der Waals surface area (Å²) in [6.45, 7) is 2.51. The van der Waals surface area contributed by atoms with Gasteiger partial charge in [0.25, 0.3) is 0 Å². The third-order valence-corrected chi connectivity index (χ3v) is 2.54. The molecule has 0 aromatic heterocycles. The number of carbonyl (C=O) groups excluding carboxylic acids is 1. The lowest BCUT2D eigenvalue weighted by Gasteiger charge is -2.35. The van der Waals surface area contributed by atoms with E-state index in [9.17, 15) is 4.79 Å². The number of carbonyl (C=O) groups is 1. The Bertz CT molecular complexity index is 206. The third-order valence-electron chi connectivity index (χ3n) is 2.54. The average Bonchev–Trinajstić information content (AvgIpc) is 2.26. The zero-order chi connectivity index (χ0) is 11.3. The number of hydrogen-bond donors (Lipinski definition) is 0. The topological polar surface area (TPSA) is 54.0 Å². The molecule has 0 aromatic carbocycles. The van der Waals surface area contributed by atoms with E-state index in [1.165, 1.54) is 7.11 Å². The van der Waals surface area contributed by atoms with Crippen LogP contribution in [0.4, 0.5) is 0 Å². The number of esters is 1. The van der Waals surface area contributed by atoms with Gasteiger partial charge in [-0.25, -0.2) is 4.79 Å². The first-order valence-corrected chi connectivity index (χ1v) is 5.02. The van der Waals surface area contributed by atoms with E-state index in [1.807, 2.05) is 6.92 Å². The van der Waals surface area contributed by atoms with E-state index < -0.39 is 0 Å². The fourth-order valence-electron chi connectivity index (χ4n) is 1.65. The summed E-state index contributed by atoms with van der Waals surface area (Å²) >= 11 is 0. The number of methoxy groups -OCH3 is 2. The molecular weight excluding hydrogens is 200 g/mol. The SMILES string of the molecule is COC(=O)COC1C(C)OCCC1OC. The molecule has 1 saturated heterocycles. The predicted octanol–water partition coefficient (Wildman–Crippen LogP) is 0.368. The van der Waals surface area contributed by atoms with E-state index in [4.69, 9.17) is 14.2 Å². The van der Waals surface area contributed by atoms with Crippen molar-refractivity contribution >= 4 is 5.97 Å². The molecule has 5 nitrogen and oxygen atoms in total. The van der Waals surface area contributed by atoms with E-state index in [0.717, 1.165) is 6.42 Å². The van der Waals surface area contributed by atoms with Gasteiger partial charge in [-0.3, -0.25) is 0 Å². The van der Waals surface area contributed by atoms with Crippen molar-refractivity contribution < 1.29 is 23.7 Å². The van der Waals surface area contributed by atoms with Crippen LogP contribution in [0.2, 0.25) is 0 Å². The summed E-state index contributed by atoms with van der Waals surface area (Å²) < 4.78 is 20.6. The Labute approximate surface area is 89.6 Å². The van der Waals surface area contributed by atoms with Gasteiger partial charge in [-0.15, -0.1) is 0 Å². The monoisotopic (exact) mass is 218 g/mol. The molecule has 1 rings (SSSR count). The molecule has 3 atom stereocenters. The molecule has 15 heavy (non-hydrogen) atoms. The first-order valence-electron chi connectivity index (χ1n) is 5.02. The first-order chi connectivity index (χ1) is 7.19. The smallest absolute Gasteiger partial charge is 0.331 e. The predicted molar refractivity (Wildman–Crippen MR) is 52.6 cm³/mol. The van der Waals surface area contributed by atoms with E-state index >= 15 is 0 Å². The summed E-state index contributed by atoms with van der Waals surface area (Å²) in [5, 5.41) is 0. The molecule has 3 unspecified atom stereocenters. The molecular formula is C10H18O5. The zero-order valence-electron chi connectivity index (χ0n) is 9.39. The van der Waals surface area contributed by atoms with Gasteiger partial charge < -0.3 is 18.9 Å². The van der Waals surface area contributed by atoms with Crippen LogP contribution in [0.15, 0.2) is 0 Å². The Morgan fingerprint density at radius 1 is 1.47 bits per heavy atom. The van der Waals surface area contributed by atoms with Gasteiger partial charge in [0.2, 0.25) is 0 Å². The van der Waals surface area contributed by atoms with Gasteiger partial charge in [0.1, 0.15) is 12.7 Å².